The quantitative estimate of drug-likeness (QED) is 0.366. The Balaban J connectivity index is 1.63. The highest BCUT2D eigenvalue weighted by molar-refractivity contribution is 5.98. The van der Waals surface area contributed by atoms with Crippen LogP contribution in [0.2, 0.25) is 0 Å². The molecule has 0 aliphatic heterocycles. The molecule has 0 unspecified atom stereocenters. The van der Waals surface area contributed by atoms with E-state index >= 15 is 0 Å². The lowest BCUT2D eigenvalue weighted by atomic mass is 10.1. The van der Waals surface area contributed by atoms with Crippen LogP contribution in [0.15, 0.2) is 24.3 Å². The molecule has 1 aromatic carbocycles. The van der Waals surface area contributed by atoms with Crippen molar-refractivity contribution in [3.05, 3.63) is 35.4 Å². The van der Waals surface area contributed by atoms with Crippen molar-refractivity contribution in [3.63, 3.8) is 0 Å². The van der Waals surface area contributed by atoms with Gasteiger partial charge in [-0.05, 0) is 61.8 Å². The molecule has 128 valence electrons. The molecular formula is C19H19N3O3. The predicted molar refractivity (Wildman–Crippen MR) is 91.2 cm³/mol. The number of carbonyl (C=O) groups excluding carboxylic acids is 2. The minimum Gasteiger partial charge on any atom is -0.338 e. The van der Waals surface area contributed by atoms with Crippen molar-refractivity contribution in [3.8, 4) is 23.7 Å². The highest BCUT2D eigenvalue weighted by atomic mass is 16.5. The Bertz CT molecular complexity index is 800. The summed E-state index contributed by atoms with van der Waals surface area (Å²) in [6, 6.07) is 5.71. The second kappa shape index (κ2) is 6.98. The molecule has 0 heterocycles. The van der Waals surface area contributed by atoms with Crippen LogP contribution >= 0.6 is 0 Å². The summed E-state index contributed by atoms with van der Waals surface area (Å²) < 4.78 is 0. The maximum absolute atomic E-state index is 12.3. The van der Waals surface area contributed by atoms with E-state index < -0.39 is 23.4 Å². The fourth-order valence-electron chi connectivity index (χ4n) is 2.36. The maximum Gasteiger partial charge on any atom is 0.267 e. The highest BCUT2D eigenvalue weighted by Crippen LogP contribution is 2.36. The molecule has 3 rings (SSSR count). The summed E-state index contributed by atoms with van der Waals surface area (Å²) in [5.41, 5.74) is 7.89. The summed E-state index contributed by atoms with van der Waals surface area (Å²) >= 11 is 0. The van der Waals surface area contributed by atoms with Gasteiger partial charge in [0, 0.05) is 22.6 Å². The van der Waals surface area contributed by atoms with Gasteiger partial charge in [-0.1, -0.05) is 11.8 Å². The topological polar surface area (TPSA) is 104 Å². The third-order valence-corrected chi connectivity index (χ3v) is 4.32. The lowest BCUT2D eigenvalue weighted by Gasteiger charge is -2.22. The molecule has 2 aliphatic carbocycles. The van der Waals surface area contributed by atoms with E-state index in [4.69, 9.17) is 10.9 Å². The number of amides is 2. The number of rotatable bonds is 4. The van der Waals surface area contributed by atoms with Crippen molar-refractivity contribution in [1.82, 2.24) is 10.8 Å². The molecule has 2 amide bonds. The fourth-order valence-corrected chi connectivity index (χ4v) is 2.36. The van der Waals surface area contributed by atoms with Gasteiger partial charge < -0.3 is 11.1 Å². The normalized spacial score (nSPS) is 17.8. The lowest BCUT2D eigenvalue weighted by molar-refractivity contribution is -0.131. The van der Waals surface area contributed by atoms with Gasteiger partial charge in [0.25, 0.3) is 11.8 Å². The molecule has 0 bridgehead atoms. The molecule has 2 fully saturated rings. The SMILES string of the molecule is NC1([C@H](NC(=O)c2ccc(C#CC#CC3CC3)cc2)C(=O)NO)CC1. The molecule has 2 aliphatic rings. The van der Waals surface area contributed by atoms with Crippen LogP contribution in [0.4, 0.5) is 0 Å². The summed E-state index contributed by atoms with van der Waals surface area (Å²) in [5.74, 6) is 11.0. The molecule has 6 heteroatoms. The number of hydroxylamine groups is 1. The number of nitrogens with two attached hydrogens (primary N) is 1. The van der Waals surface area contributed by atoms with Crippen LogP contribution in [0.25, 0.3) is 0 Å². The zero-order chi connectivity index (χ0) is 17.9. The van der Waals surface area contributed by atoms with E-state index in [0.29, 0.717) is 24.3 Å². The van der Waals surface area contributed by atoms with Gasteiger partial charge in [0.1, 0.15) is 6.04 Å². The first-order valence-corrected chi connectivity index (χ1v) is 8.17. The molecular weight excluding hydrogens is 318 g/mol. The average Bonchev–Trinajstić information content (AvgIpc) is 3.54. The van der Waals surface area contributed by atoms with E-state index in [0.717, 1.165) is 18.4 Å². The highest BCUT2D eigenvalue weighted by Gasteiger charge is 2.50. The van der Waals surface area contributed by atoms with Gasteiger partial charge in [-0.2, -0.15) is 0 Å². The van der Waals surface area contributed by atoms with E-state index in [1.807, 2.05) is 0 Å². The predicted octanol–water partition coefficient (Wildman–Crippen LogP) is 0.547. The third-order valence-electron chi connectivity index (χ3n) is 4.32. The fraction of sp³-hybridized carbons (Fsp3) is 0.368. The van der Waals surface area contributed by atoms with E-state index in [1.54, 1.807) is 29.7 Å². The van der Waals surface area contributed by atoms with Gasteiger partial charge in [0.05, 0.1) is 0 Å². The van der Waals surface area contributed by atoms with Gasteiger partial charge in [-0.3, -0.25) is 14.8 Å². The zero-order valence-electron chi connectivity index (χ0n) is 13.6. The Morgan fingerprint density at radius 2 is 1.88 bits per heavy atom. The Morgan fingerprint density at radius 1 is 1.20 bits per heavy atom. The van der Waals surface area contributed by atoms with Gasteiger partial charge in [0.2, 0.25) is 0 Å². The summed E-state index contributed by atoms with van der Waals surface area (Å²) in [4.78, 5) is 24.0. The van der Waals surface area contributed by atoms with E-state index in [-0.39, 0.29) is 0 Å². The molecule has 1 aromatic rings. The zero-order valence-corrected chi connectivity index (χ0v) is 13.6. The summed E-state index contributed by atoms with van der Waals surface area (Å²) in [6.07, 6.45) is 3.55. The Labute approximate surface area is 146 Å². The minimum atomic E-state index is -0.970. The molecule has 1 atom stereocenters. The van der Waals surface area contributed by atoms with Crippen LogP contribution in [0.5, 0.6) is 0 Å². The Morgan fingerprint density at radius 3 is 2.44 bits per heavy atom. The molecule has 6 nitrogen and oxygen atoms in total. The van der Waals surface area contributed by atoms with E-state index in [9.17, 15) is 9.59 Å². The molecule has 2 saturated carbocycles. The van der Waals surface area contributed by atoms with Gasteiger partial charge in [-0.15, -0.1) is 0 Å². The van der Waals surface area contributed by atoms with Gasteiger partial charge in [0.15, 0.2) is 0 Å². The van der Waals surface area contributed by atoms with Crippen molar-refractivity contribution in [1.29, 1.82) is 0 Å². The van der Waals surface area contributed by atoms with Crippen LogP contribution in [-0.2, 0) is 4.79 Å². The van der Waals surface area contributed by atoms with E-state index in [1.165, 1.54) is 0 Å². The molecule has 0 spiro atoms. The van der Waals surface area contributed by atoms with Gasteiger partial charge >= 0.3 is 0 Å². The number of benzene rings is 1. The third kappa shape index (κ3) is 4.39. The van der Waals surface area contributed by atoms with Crippen molar-refractivity contribution >= 4 is 11.8 Å². The van der Waals surface area contributed by atoms with Crippen LogP contribution in [0.1, 0.15) is 41.6 Å². The van der Waals surface area contributed by atoms with Gasteiger partial charge in [-0.25, -0.2) is 5.48 Å². The average molecular weight is 337 g/mol. The van der Waals surface area contributed by atoms with Crippen molar-refractivity contribution in [2.24, 2.45) is 11.7 Å². The first-order valence-electron chi connectivity index (χ1n) is 8.17. The van der Waals surface area contributed by atoms with Crippen LogP contribution in [0.3, 0.4) is 0 Å². The Kier molecular flexibility index (Phi) is 4.76. The monoisotopic (exact) mass is 337 g/mol. The maximum atomic E-state index is 12.3. The second-order valence-corrected chi connectivity index (χ2v) is 6.49. The summed E-state index contributed by atoms with van der Waals surface area (Å²) in [5, 5.41) is 11.4. The van der Waals surface area contributed by atoms with Crippen LogP contribution in [-0.4, -0.2) is 28.6 Å². The number of nitrogens with one attached hydrogen (secondary N) is 2. The molecule has 0 aromatic heterocycles. The lowest BCUT2D eigenvalue weighted by Crippen LogP contribution is -2.57. The molecule has 25 heavy (non-hydrogen) atoms. The van der Waals surface area contributed by atoms with Crippen LogP contribution < -0.4 is 16.5 Å². The van der Waals surface area contributed by atoms with Crippen LogP contribution in [0, 0.1) is 29.6 Å². The van der Waals surface area contributed by atoms with E-state index in [2.05, 4.69) is 29.0 Å². The van der Waals surface area contributed by atoms with Crippen molar-refractivity contribution in [2.75, 3.05) is 0 Å². The number of carbonyl (C=O) groups is 2. The largest absolute Gasteiger partial charge is 0.338 e. The molecule has 0 radical (unpaired) electrons. The van der Waals surface area contributed by atoms with Crippen molar-refractivity contribution < 1.29 is 14.8 Å². The smallest absolute Gasteiger partial charge is 0.267 e. The Hall–Kier alpha value is -2.80. The van der Waals surface area contributed by atoms with Crippen molar-refractivity contribution in [2.45, 2.75) is 37.3 Å². The molecule has 5 N–H and O–H groups in total. The standard InChI is InChI=1S/C19H19N3O3/c20-19(11-12-19)16(18(24)22-25)21-17(23)15-9-7-14(8-10-15)4-2-1-3-13-5-6-13/h7-10,13,16,25H,5-6,11-12,20H2,(H,21,23)(H,22,24)/t16-/m1/s1. The summed E-state index contributed by atoms with van der Waals surface area (Å²) in [6.45, 7) is 0. The summed E-state index contributed by atoms with van der Waals surface area (Å²) in [7, 11) is 0. The number of hydrogen-bond acceptors (Lipinski definition) is 4. The second-order valence-electron chi connectivity index (χ2n) is 6.49. The first kappa shape index (κ1) is 17.0. The minimum absolute atomic E-state index is 0.384. The first-order chi connectivity index (χ1) is 12.0. The number of hydrogen-bond donors (Lipinski definition) is 4. The molecule has 0 saturated heterocycles.